The first kappa shape index (κ1) is 21.1. The second kappa shape index (κ2) is 8.19. The Balaban J connectivity index is 2.00. The van der Waals surface area contributed by atoms with E-state index in [0.29, 0.717) is 0 Å². The molecule has 0 aliphatic heterocycles. The second-order valence-electron chi connectivity index (χ2n) is 5.58. The highest BCUT2D eigenvalue weighted by Gasteiger charge is 2.31. The summed E-state index contributed by atoms with van der Waals surface area (Å²) < 4.78 is 74.5. The van der Waals surface area contributed by atoms with Crippen LogP contribution in [0, 0.1) is 0 Å². The zero-order chi connectivity index (χ0) is 20.9. The Hall–Kier alpha value is -3.24. The van der Waals surface area contributed by atoms with Crippen LogP contribution in [0.4, 0.5) is 48.2 Å². The van der Waals surface area contributed by atoms with E-state index >= 15 is 0 Å². The van der Waals surface area contributed by atoms with Crippen molar-refractivity contribution in [2.24, 2.45) is 0 Å². The molecule has 5 nitrogen and oxygen atoms in total. The molecule has 0 aliphatic carbocycles. The predicted molar refractivity (Wildman–Crippen MR) is 89.8 cm³/mol. The standard InChI is InChI=1S/C17H13F6N3O2/c18-16(19,20)9-14(27)24-12-5-2-6-13(8-12)26-15(28)25-11-4-1-3-10(7-11)17(21,22)23/h1-8H,9H2,(H,24,27)(H2,25,26,28). The van der Waals surface area contributed by atoms with Gasteiger partial charge in [-0.2, -0.15) is 26.3 Å². The quantitative estimate of drug-likeness (QED) is 0.609. The van der Waals surface area contributed by atoms with E-state index < -0.39 is 36.3 Å². The number of nitrogens with one attached hydrogen (secondary N) is 3. The van der Waals surface area contributed by atoms with Crippen molar-refractivity contribution in [3.05, 3.63) is 54.1 Å². The van der Waals surface area contributed by atoms with Gasteiger partial charge in [-0.25, -0.2) is 4.79 Å². The van der Waals surface area contributed by atoms with Crippen LogP contribution in [-0.4, -0.2) is 18.1 Å². The molecule has 0 bridgehead atoms. The summed E-state index contributed by atoms with van der Waals surface area (Å²) >= 11 is 0. The van der Waals surface area contributed by atoms with Crippen molar-refractivity contribution in [1.29, 1.82) is 0 Å². The molecule has 0 spiro atoms. The smallest absolute Gasteiger partial charge is 0.326 e. The highest BCUT2D eigenvalue weighted by atomic mass is 19.4. The summed E-state index contributed by atoms with van der Waals surface area (Å²) in [5.41, 5.74) is -0.943. The Morgan fingerprint density at radius 1 is 0.750 bits per heavy atom. The van der Waals surface area contributed by atoms with E-state index in [1.807, 2.05) is 5.32 Å². The van der Waals surface area contributed by atoms with Crippen molar-refractivity contribution in [3.63, 3.8) is 0 Å². The SMILES string of the molecule is O=C(CC(F)(F)F)Nc1cccc(NC(=O)Nc2cccc(C(F)(F)F)c2)c1. The minimum absolute atomic E-state index is 0.00567. The summed E-state index contributed by atoms with van der Waals surface area (Å²) in [5, 5.41) is 6.54. The van der Waals surface area contributed by atoms with Gasteiger partial charge in [-0.15, -0.1) is 0 Å². The molecule has 0 heterocycles. The molecule has 3 N–H and O–H groups in total. The Labute approximate surface area is 154 Å². The van der Waals surface area contributed by atoms with Gasteiger partial charge in [0.15, 0.2) is 0 Å². The van der Waals surface area contributed by atoms with Crippen LogP contribution in [0.25, 0.3) is 0 Å². The maximum absolute atomic E-state index is 12.7. The third kappa shape index (κ3) is 6.82. The fourth-order valence-electron chi connectivity index (χ4n) is 2.13. The average molecular weight is 405 g/mol. The number of halogens is 6. The number of alkyl halides is 6. The van der Waals surface area contributed by atoms with Gasteiger partial charge in [0, 0.05) is 17.1 Å². The Morgan fingerprint density at radius 3 is 1.79 bits per heavy atom. The van der Waals surface area contributed by atoms with Crippen molar-refractivity contribution < 1.29 is 35.9 Å². The third-order valence-electron chi connectivity index (χ3n) is 3.21. The highest BCUT2D eigenvalue weighted by molar-refractivity contribution is 6.00. The summed E-state index contributed by atoms with van der Waals surface area (Å²) in [6.07, 6.45) is -10.9. The normalized spacial score (nSPS) is 11.6. The fraction of sp³-hybridized carbons (Fsp3) is 0.176. The monoisotopic (exact) mass is 405 g/mol. The van der Waals surface area contributed by atoms with E-state index in [4.69, 9.17) is 0 Å². The van der Waals surface area contributed by atoms with E-state index in [1.54, 1.807) is 0 Å². The van der Waals surface area contributed by atoms with E-state index in [9.17, 15) is 35.9 Å². The van der Waals surface area contributed by atoms with Gasteiger partial charge in [0.05, 0.1) is 5.56 Å². The number of amides is 3. The van der Waals surface area contributed by atoms with Crippen molar-refractivity contribution in [3.8, 4) is 0 Å². The van der Waals surface area contributed by atoms with Gasteiger partial charge >= 0.3 is 18.4 Å². The molecule has 2 rings (SSSR count). The molecule has 2 aromatic carbocycles. The first-order valence-corrected chi connectivity index (χ1v) is 7.64. The number of hydrogen-bond donors (Lipinski definition) is 3. The van der Waals surface area contributed by atoms with Gasteiger partial charge in [0.2, 0.25) is 5.91 Å². The number of rotatable bonds is 4. The van der Waals surface area contributed by atoms with Crippen LogP contribution in [0.2, 0.25) is 0 Å². The lowest BCUT2D eigenvalue weighted by atomic mass is 10.2. The number of anilines is 3. The van der Waals surface area contributed by atoms with Crippen molar-refractivity contribution in [2.75, 3.05) is 16.0 Å². The van der Waals surface area contributed by atoms with Crippen LogP contribution in [0.5, 0.6) is 0 Å². The Kier molecular flexibility index (Phi) is 6.16. The lowest BCUT2D eigenvalue weighted by molar-refractivity contribution is -0.150. The van der Waals surface area contributed by atoms with E-state index in [0.717, 1.165) is 18.2 Å². The minimum atomic E-state index is -4.66. The first-order chi connectivity index (χ1) is 12.9. The fourth-order valence-corrected chi connectivity index (χ4v) is 2.13. The second-order valence-corrected chi connectivity index (χ2v) is 5.58. The van der Waals surface area contributed by atoms with Gasteiger partial charge in [-0.05, 0) is 36.4 Å². The maximum atomic E-state index is 12.7. The molecule has 0 atom stereocenters. The molecule has 0 saturated heterocycles. The molecular weight excluding hydrogens is 392 g/mol. The molecule has 11 heteroatoms. The lowest BCUT2D eigenvalue weighted by Gasteiger charge is -2.12. The molecule has 28 heavy (non-hydrogen) atoms. The Morgan fingerprint density at radius 2 is 1.25 bits per heavy atom. The van der Waals surface area contributed by atoms with Crippen LogP contribution in [0.3, 0.4) is 0 Å². The summed E-state index contributed by atoms with van der Waals surface area (Å²) in [6, 6.07) is 8.33. The van der Waals surface area contributed by atoms with Crippen molar-refractivity contribution in [1.82, 2.24) is 0 Å². The molecule has 150 valence electrons. The van der Waals surface area contributed by atoms with Crippen molar-refractivity contribution >= 4 is 29.0 Å². The summed E-state index contributed by atoms with van der Waals surface area (Å²) in [6.45, 7) is 0. The Bertz CT molecular complexity index is 864. The molecule has 0 aliphatic rings. The molecule has 0 fully saturated rings. The maximum Gasteiger partial charge on any atom is 0.416 e. The summed E-state index contributed by atoms with van der Waals surface area (Å²) in [7, 11) is 0. The molecule has 0 saturated carbocycles. The summed E-state index contributed by atoms with van der Waals surface area (Å²) in [5.74, 6) is -1.28. The number of carbonyl (C=O) groups excluding carboxylic acids is 2. The number of hydrogen-bond acceptors (Lipinski definition) is 2. The van der Waals surface area contributed by atoms with Crippen LogP contribution in [0.15, 0.2) is 48.5 Å². The molecule has 0 aromatic heterocycles. The average Bonchev–Trinajstić information content (AvgIpc) is 2.52. The summed E-state index contributed by atoms with van der Waals surface area (Å²) in [4.78, 5) is 23.2. The minimum Gasteiger partial charge on any atom is -0.326 e. The first-order valence-electron chi connectivity index (χ1n) is 7.64. The van der Waals surface area contributed by atoms with Crippen LogP contribution in [-0.2, 0) is 11.0 Å². The van der Waals surface area contributed by atoms with Gasteiger partial charge < -0.3 is 16.0 Å². The van der Waals surface area contributed by atoms with E-state index in [2.05, 4.69) is 10.6 Å². The molecule has 3 amide bonds. The third-order valence-corrected chi connectivity index (χ3v) is 3.21. The van der Waals surface area contributed by atoms with Gasteiger partial charge in [-0.1, -0.05) is 12.1 Å². The highest BCUT2D eigenvalue weighted by Crippen LogP contribution is 2.30. The van der Waals surface area contributed by atoms with E-state index in [1.165, 1.54) is 30.3 Å². The number of urea groups is 1. The predicted octanol–water partition coefficient (Wildman–Crippen LogP) is 5.24. The van der Waals surface area contributed by atoms with E-state index in [-0.39, 0.29) is 17.1 Å². The van der Waals surface area contributed by atoms with Crippen LogP contribution >= 0.6 is 0 Å². The molecule has 0 radical (unpaired) electrons. The number of carbonyl (C=O) groups is 2. The molecule has 2 aromatic rings. The van der Waals surface area contributed by atoms with Gasteiger partial charge in [0.25, 0.3) is 0 Å². The zero-order valence-corrected chi connectivity index (χ0v) is 13.9. The molecule has 0 unspecified atom stereocenters. The van der Waals surface area contributed by atoms with Crippen LogP contribution < -0.4 is 16.0 Å². The topological polar surface area (TPSA) is 70.2 Å². The zero-order valence-electron chi connectivity index (χ0n) is 13.9. The van der Waals surface area contributed by atoms with Gasteiger partial charge in [-0.3, -0.25) is 4.79 Å². The van der Waals surface area contributed by atoms with Gasteiger partial charge in [0.1, 0.15) is 6.42 Å². The van der Waals surface area contributed by atoms with Crippen LogP contribution in [0.1, 0.15) is 12.0 Å². The largest absolute Gasteiger partial charge is 0.416 e. The lowest BCUT2D eigenvalue weighted by Crippen LogP contribution is -2.22. The van der Waals surface area contributed by atoms with Crippen molar-refractivity contribution in [2.45, 2.75) is 18.8 Å². The molecular formula is C17H13F6N3O2. The number of benzene rings is 2.